The molecule has 1 fully saturated rings. The maximum atomic E-state index is 12.0. The molecule has 5 heteroatoms. The summed E-state index contributed by atoms with van der Waals surface area (Å²) in [6.07, 6.45) is 2.50. The summed E-state index contributed by atoms with van der Waals surface area (Å²) in [4.78, 5) is 15.3. The van der Waals surface area contributed by atoms with Crippen LogP contribution in [0.1, 0.15) is 30.7 Å². The van der Waals surface area contributed by atoms with Gasteiger partial charge in [0, 0.05) is 17.5 Å². The van der Waals surface area contributed by atoms with Crippen molar-refractivity contribution in [1.29, 1.82) is 0 Å². The van der Waals surface area contributed by atoms with Crippen molar-refractivity contribution in [1.82, 2.24) is 10.2 Å². The minimum absolute atomic E-state index is 0.0718. The zero-order valence-corrected chi connectivity index (χ0v) is 12.5. The van der Waals surface area contributed by atoms with Crippen molar-refractivity contribution >= 4 is 17.2 Å². The van der Waals surface area contributed by atoms with E-state index in [1.165, 1.54) is 17.7 Å². The smallest absolute Gasteiger partial charge is 0.234 e. The molecule has 1 saturated carbocycles. The van der Waals surface area contributed by atoms with Crippen molar-refractivity contribution in [2.45, 2.75) is 31.8 Å². The van der Waals surface area contributed by atoms with E-state index >= 15 is 0 Å². The number of rotatable bonds is 7. The molecule has 106 valence electrons. The van der Waals surface area contributed by atoms with Gasteiger partial charge in [0.2, 0.25) is 5.91 Å². The van der Waals surface area contributed by atoms with Crippen LogP contribution in [0.2, 0.25) is 0 Å². The Morgan fingerprint density at radius 2 is 2.37 bits per heavy atom. The van der Waals surface area contributed by atoms with Crippen LogP contribution in [0.25, 0.3) is 0 Å². The van der Waals surface area contributed by atoms with Gasteiger partial charge < -0.3 is 11.1 Å². The van der Waals surface area contributed by atoms with Gasteiger partial charge >= 0.3 is 0 Å². The zero-order valence-electron chi connectivity index (χ0n) is 11.6. The van der Waals surface area contributed by atoms with Crippen LogP contribution >= 0.6 is 11.3 Å². The second kappa shape index (κ2) is 6.50. The molecule has 1 amide bonds. The number of hydrogen-bond donors (Lipinski definition) is 2. The summed E-state index contributed by atoms with van der Waals surface area (Å²) >= 11 is 1.67. The lowest BCUT2D eigenvalue weighted by atomic mass is 10.1. The van der Waals surface area contributed by atoms with Crippen LogP contribution in [0.15, 0.2) is 17.5 Å². The van der Waals surface area contributed by atoms with Gasteiger partial charge in [0.15, 0.2) is 0 Å². The predicted octanol–water partition coefficient (Wildman–Crippen LogP) is 1.59. The molecule has 0 saturated heterocycles. The number of amides is 1. The minimum Gasteiger partial charge on any atom is -0.348 e. The van der Waals surface area contributed by atoms with Crippen LogP contribution in [-0.2, 0) is 4.79 Å². The Morgan fingerprint density at radius 3 is 2.89 bits per heavy atom. The van der Waals surface area contributed by atoms with Gasteiger partial charge in [-0.25, -0.2) is 0 Å². The van der Waals surface area contributed by atoms with Gasteiger partial charge in [-0.05, 0) is 44.2 Å². The van der Waals surface area contributed by atoms with Crippen molar-refractivity contribution in [2.24, 2.45) is 11.7 Å². The standard InChI is InChI=1S/C14H23N3OS/c1-10(13-4-3-7-19-13)16-14(18)9-17(2)12(8-15)11-5-6-11/h3-4,7,10-12H,5-6,8-9,15H2,1-2H3,(H,16,18). The SMILES string of the molecule is CC(NC(=O)CN(C)C(CN)C1CC1)c1cccs1. The van der Waals surface area contributed by atoms with Gasteiger partial charge in [0.05, 0.1) is 12.6 Å². The van der Waals surface area contributed by atoms with Crippen LogP contribution in [0.3, 0.4) is 0 Å². The Bertz CT molecular complexity index is 403. The Kier molecular flexibility index (Phi) is 4.96. The van der Waals surface area contributed by atoms with Gasteiger partial charge in [-0.1, -0.05) is 6.07 Å². The van der Waals surface area contributed by atoms with Crippen LogP contribution in [0.5, 0.6) is 0 Å². The molecule has 2 atom stereocenters. The lowest BCUT2D eigenvalue weighted by molar-refractivity contribution is -0.123. The third-order valence-corrected chi connectivity index (χ3v) is 4.77. The molecular formula is C14H23N3OS. The largest absolute Gasteiger partial charge is 0.348 e. The Morgan fingerprint density at radius 1 is 1.63 bits per heavy atom. The van der Waals surface area contributed by atoms with E-state index in [1.807, 2.05) is 31.5 Å². The number of nitrogens with one attached hydrogen (secondary N) is 1. The highest BCUT2D eigenvalue weighted by atomic mass is 32.1. The molecule has 1 aliphatic carbocycles. The fraction of sp³-hybridized carbons (Fsp3) is 0.643. The molecule has 0 radical (unpaired) electrons. The first-order valence-electron chi connectivity index (χ1n) is 6.85. The van der Waals surface area contributed by atoms with Crippen LogP contribution in [0, 0.1) is 5.92 Å². The summed E-state index contributed by atoms with van der Waals surface area (Å²) in [6, 6.07) is 4.49. The monoisotopic (exact) mass is 281 g/mol. The lowest BCUT2D eigenvalue weighted by Gasteiger charge is -2.26. The first-order chi connectivity index (χ1) is 9.11. The zero-order chi connectivity index (χ0) is 13.8. The summed E-state index contributed by atoms with van der Waals surface area (Å²) < 4.78 is 0. The summed E-state index contributed by atoms with van der Waals surface area (Å²) in [5.74, 6) is 0.764. The number of hydrogen-bond acceptors (Lipinski definition) is 4. The maximum Gasteiger partial charge on any atom is 0.234 e. The molecule has 1 aromatic rings. The molecule has 0 bridgehead atoms. The van der Waals surface area contributed by atoms with Gasteiger partial charge in [-0.3, -0.25) is 9.69 Å². The molecule has 3 N–H and O–H groups in total. The third-order valence-electron chi connectivity index (χ3n) is 3.71. The quantitative estimate of drug-likeness (QED) is 0.798. The molecule has 1 aromatic heterocycles. The van der Waals surface area contributed by atoms with E-state index in [4.69, 9.17) is 5.73 Å². The second-order valence-corrected chi connectivity index (χ2v) is 6.34. The van der Waals surface area contributed by atoms with E-state index in [0.717, 1.165) is 0 Å². The molecule has 1 aliphatic rings. The minimum atomic E-state index is 0.0718. The van der Waals surface area contributed by atoms with Crippen LogP contribution in [-0.4, -0.2) is 37.0 Å². The molecule has 4 nitrogen and oxygen atoms in total. The van der Waals surface area contributed by atoms with Crippen molar-refractivity contribution in [3.05, 3.63) is 22.4 Å². The topological polar surface area (TPSA) is 58.4 Å². The Hall–Kier alpha value is -0.910. The Balaban J connectivity index is 1.80. The van der Waals surface area contributed by atoms with E-state index < -0.39 is 0 Å². The summed E-state index contributed by atoms with van der Waals surface area (Å²) in [5.41, 5.74) is 5.80. The molecule has 0 aliphatic heterocycles. The number of thiophene rings is 1. The van der Waals surface area contributed by atoms with E-state index in [1.54, 1.807) is 11.3 Å². The average molecular weight is 281 g/mol. The fourth-order valence-corrected chi connectivity index (χ4v) is 3.19. The van der Waals surface area contributed by atoms with E-state index in [0.29, 0.717) is 25.0 Å². The maximum absolute atomic E-state index is 12.0. The number of nitrogens with two attached hydrogens (primary N) is 1. The van der Waals surface area contributed by atoms with Crippen LogP contribution in [0.4, 0.5) is 0 Å². The lowest BCUT2D eigenvalue weighted by Crippen LogP contribution is -2.45. The van der Waals surface area contributed by atoms with Gasteiger partial charge in [-0.15, -0.1) is 11.3 Å². The molecule has 2 rings (SSSR count). The fourth-order valence-electron chi connectivity index (χ4n) is 2.45. The molecule has 0 aromatic carbocycles. The van der Waals surface area contributed by atoms with E-state index in [-0.39, 0.29) is 11.9 Å². The number of nitrogens with zero attached hydrogens (tertiary/aromatic N) is 1. The second-order valence-electron chi connectivity index (χ2n) is 5.36. The van der Waals surface area contributed by atoms with Crippen molar-refractivity contribution in [2.75, 3.05) is 20.1 Å². The summed E-state index contributed by atoms with van der Waals surface area (Å²) in [6.45, 7) is 3.08. The van der Waals surface area contributed by atoms with Gasteiger partial charge in [0.25, 0.3) is 0 Å². The molecule has 1 heterocycles. The number of carbonyl (C=O) groups excluding carboxylic acids is 1. The number of likely N-dealkylation sites (N-methyl/N-ethyl adjacent to an activating group) is 1. The molecule has 2 unspecified atom stereocenters. The highest BCUT2D eigenvalue weighted by Crippen LogP contribution is 2.34. The summed E-state index contributed by atoms with van der Waals surface area (Å²) in [5, 5.41) is 5.07. The van der Waals surface area contributed by atoms with Crippen molar-refractivity contribution in [3.63, 3.8) is 0 Å². The molecular weight excluding hydrogens is 258 g/mol. The number of carbonyl (C=O) groups is 1. The Labute approximate surface area is 119 Å². The molecule has 19 heavy (non-hydrogen) atoms. The van der Waals surface area contributed by atoms with E-state index in [2.05, 4.69) is 10.2 Å². The normalized spacial score (nSPS) is 18.3. The van der Waals surface area contributed by atoms with Gasteiger partial charge in [-0.2, -0.15) is 0 Å². The van der Waals surface area contributed by atoms with Crippen molar-refractivity contribution in [3.8, 4) is 0 Å². The van der Waals surface area contributed by atoms with E-state index in [9.17, 15) is 4.79 Å². The summed E-state index contributed by atoms with van der Waals surface area (Å²) in [7, 11) is 1.99. The average Bonchev–Trinajstić information content (AvgIpc) is 3.03. The predicted molar refractivity (Wildman–Crippen MR) is 79.1 cm³/mol. The first-order valence-corrected chi connectivity index (χ1v) is 7.73. The third kappa shape index (κ3) is 4.03. The van der Waals surface area contributed by atoms with Crippen molar-refractivity contribution < 1.29 is 4.79 Å². The highest BCUT2D eigenvalue weighted by molar-refractivity contribution is 7.10. The van der Waals surface area contributed by atoms with Crippen LogP contribution < -0.4 is 11.1 Å². The highest BCUT2D eigenvalue weighted by Gasteiger charge is 2.33. The molecule has 0 spiro atoms. The van der Waals surface area contributed by atoms with Gasteiger partial charge in [0.1, 0.15) is 0 Å². The first kappa shape index (κ1) is 14.5.